The number of aryl methyl sites for hydroxylation is 1. The second-order valence-corrected chi connectivity index (χ2v) is 6.21. The van der Waals surface area contributed by atoms with Crippen LogP contribution in [0.1, 0.15) is 11.1 Å². The number of fused-ring (bicyclic) bond motifs is 1. The first-order chi connectivity index (χ1) is 13.0. The van der Waals surface area contributed by atoms with E-state index in [1.165, 1.54) is 20.3 Å². The Kier molecular flexibility index (Phi) is 5.26. The molecule has 6 heteroatoms. The van der Waals surface area contributed by atoms with Crippen molar-refractivity contribution >= 4 is 16.8 Å². The second kappa shape index (κ2) is 7.61. The van der Waals surface area contributed by atoms with Gasteiger partial charge in [-0.1, -0.05) is 12.1 Å². The van der Waals surface area contributed by atoms with Gasteiger partial charge in [0.1, 0.15) is 5.82 Å². The Hall–Kier alpha value is -3.15. The molecule has 0 saturated carbocycles. The van der Waals surface area contributed by atoms with Crippen molar-refractivity contribution in [1.29, 1.82) is 0 Å². The van der Waals surface area contributed by atoms with E-state index in [9.17, 15) is 9.18 Å². The van der Waals surface area contributed by atoms with Crippen LogP contribution in [0.5, 0.6) is 11.5 Å². The van der Waals surface area contributed by atoms with Crippen LogP contribution >= 0.6 is 0 Å². The summed E-state index contributed by atoms with van der Waals surface area (Å²) in [6, 6.07) is 10.4. The van der Waals surface area contributed by atoms with Crippen LogP contribution < -0.4 is 14.8 Å². The molecular weight excluding hydrogens is 347 g/mol. The fourth-order valence-electron chi connectivity index (χ4n) is 3.02. The Balaban J connectivity index is 2.13. The molecule has 0 spiro atoms. The molecule has 0 aliphatic heterocycles. The smallest absolute Gasteiger partial charge is 0.224 e. The molecule has 1 N–H and O–H groups in total. The number of hydrogen-bond acceptors (Lipinski definition) is 4. The zero-order chi connectivity index (χ0) is 19.6. The third-order valence-corrected chi connectivity index (χ3v) is 4.47. The summed E-state index contributed by atoms with van der Waals surface area (Å²) in [4.78, 5) is 16.3. The minimum Gasteiger partial charge on any atom is -0.493 e. The highest BCUT2D eigenvalue weighted by atomic mass is 19.1. The van der Waals surface area contributed by atoms with Crippen molar-refractivity contribution in [2.24, 2.45) is 0 Å². The monoisotopic (exact) mass is 368 g/mol. The van der Waals surface area contributed by atoms with E-state index in [0.717, 1.165) is 16.5 Å². The van der Waals surface area contributed by atoms with Crippen LogP contribution in [0.2, 0.25) is 0 Å². The highest BCUT2D eigenvalue weighted by Gasteiger charge is 2.15. The maximum absolute atomic E-state index is 14.6. The van der Waals surface area contributed by atoms with E-state index in [0.29, 0.717) is 28.3 Å². The first-order valence-corrected chi connectivity index (χ1v) is 8.49. The Morgan fingerprint density at radius 3 is 2.48 bits per heavy atom. The summed E-state index contributed by atoms with van der Waals surface area (Å²) in [5.74, 6) is 0.236. The third-order valence-electron chi connectivity index (χ3n) is 4.47. The van der Waals surface area contributed by atoms with Crippen LogP contribution in [0.3, 0.4) is 0 Å². The summed E-state index contributed by atoms with van der Waals surface area (Å²) in [7, 11) is 4.57. The van der Waals surface area contributed by atoms with E-state index in [-0.39, 0.29) is 12.3 Å². The molecule has 1 heterocycles. The number of pyridine rings is 1. The summed E-state index contributed by atoms with van der Waals surface area (Å²) >= 11 is 0. The van der Waals surface area contributed by atoms with Gasteiger partial charge in [0, 0.05) is 24.1 Å². The minimum atomic E-state index is -0.444. The molecule has 2 aromatic carbocycles. The number of nitrogens with zero attached hydrogens (tertiary/aromatic N) is 1. The van der Waals surface area contributed by atoms with Crippen molar-refractivity contribution in [3.8, 4) is 22.8 Å². The molecule has 1 aromatic heterocycles. The summed E-state index contributed by atoms with van der Waals surface area (Å²) in [5, 5.41) is 3.56. The first kappa shape index (κ1) is 18.6. The minimum absolute atomic E-state index is 0.0758. The van der Waals surface area contributed by atoms with Gasteiger partial charge in [0.15, 0.2) is 11.5 Å². The van der Waals surface area contributed by atoms with E-state index in [1.54, 1.807) is 13.1 Å². The number of benzene rings is 2. The summed E-state index contributed by atoms with van der Waals surface area (Å²) in [6.45, 7) is 1.95. The SMILES string of the molecule is CNC(=O)Cc1ccc2c(C)cc(-c3cc(OC)c(OC)cc3F)nc2c1. The molecule has 5 nitrogen and oxygen atoms in total. The topological polar surface area (TPSA) is 60.5 Å². The van der Waals surface area contributed by atoms with Gasteiger partial charge in [0.25, 0.3) is 0 Å². The molecule has 0 fully saturated rings. The number of amides is 1. The fourth-order valence-corrected chi connectivity index (χ4v) is 3.02. The lowest BCUT2D eigenvalue weighted by molar-refractivity contribution is -0.119. The van der Waals surface area contributed by atoms with Crippen molar-refractivity contribution in [2.45, 2.75) is 13.3 Å². The molecule has 0 bridgehead atoms. The van der Waals surface area contributed by atoms with E-state index in [1.807, 2.05) is 31.2 Å². The number of ether oxygens (including phenoxy) is 2. The van der Waals surface area contributed by atoms with Crippen molar-refractivity contribution in [3.63, 3.8) is 0 Å². The highest BCUT2D eigenvalue weighted by molar-refractivity contribution is 5.87. The predicted octanol–water partition coefficient (Wildman–Crippen LogP) is 3.66. The van der Waals surface area contributed by atoms with Gasteiger partial charge in [-0.05, 0) is 36.2 Å². The number of carbonyl (C=O) groups excluding carboxylic acids is 1. The Bertz CT molecular complexity index is 1020. The average Bonchev–Trinajstić information content (AvgIpc) is 2.67. The fraction of sp³-hybridized carbons (Fsp3) is 0.238. The molecule has 1 amide bonds. The van der Waals surface area contributed by atoms with Gasteiger partial charge in [0.05, 0.1) is 31.9 Å². The van der Waals surface area contributed by atoms with Crippen molar-refractivity contribution < 1.29 is 18.7 Å². The first-order valence-electron chi connectivity index (χ1n) is 8.49. The summed E-state index contributed by atoms with van der Waals surface area (Å²) in [6.07, 6.45) is 0.266. The van der Waals surface area contributed by atoms with Crippen molar-refractivity contribution in [1.82, 2.24) is 10.3 Å². The summed E-state index contributed by atoms with van der Waals surface area (Å²) in [5.41, 5.74) is 3.35. The molecule has 0 radical (unpaired) electrons. The highest BCUT2D eigenvalue weighted by Crippen LogP contribution is 2.35. The zero-order valence-electron chi connectivity index (χ0n) is 15.7. The molecule has 27 heavy (non-hydrogen) atoms. The number of nitrogens with one attached hydrogen (secondary N) is 1. The standard InChI is InChI=1S/C21H21FN2O3/c1-12-7-17(15-10-19(26-3)20(27-4)11-16(15)22)24-18-8-13(5-6-14(12)18)9-21(25)23-2/h5-8,10-11H,9H2,1-4H3,(H,23,25). The lowest BCUT2D eigenvalue weighted by atomic mass is 10.0. The molecule has 140 valence electrons. The molecule has 0 saturated heterocycles. The molecule has 0 unspecified atom stereocenters. The number of halogens is 1. The van der Waals surface area contributed by atoms with Crippen molar-refractivity contribution in [2.75, 3.05) is 21.3 Å². The van der Waals surface area contributed by atoms with Gasteiger partial charge < -0.3 is 14.8 Å². The average molecular weight is 368 g/mol. The maximum atomic E-state index is 14.6. The van der Waals surface area contributed by atoms with Crippen LogP contribution in [0.25, 0.3) is 22.2 Å². The Morgan fingerprint density at radius 1 is 1.11 bits per heavy atom. The number of likely N-dealkylation sites (N-methyl/N-ethyl adjacent to an activating group) is 1. The van der Waals surface area contributed by atoms with E-state index in [4.69, 9.17) is 9.47 Å². The van der Waals surface area contributed by atoms with Crippen molar-refractivity contribution in [3.05, 3.63) is 53.3 Å². The molecule has 0 atom stereocenters. The van der Waals surface area contributed by atoms with Gasteiger partial charge in [-0.3, -0.25) is 4.79 Å². The van der Waals surface area contributed by atoms with Crippen LogP contribution in [0.15, 0.2) is 36.4 Å². The van der Waals surface area contributed by atoms with Crippen LogP contribution in [0, 0.1) is 12.7 Å². The third kappa shape index (κ3) is 3.69. The zero-order valence-corrected chi connectivity index (χ0v) is 15.7. The molecule has 0 aliphatic carbocycles. The number of methoxy groups -OCH3 is 2. The van der Waals surface area contributed by atoms with E-state index in [2.05, 4.69) is 10.3 Å². The molecule has 3 aromatic rings. The lowest BCUT2D eigenvalue weighted by Gasteiger charge is -2.12. The molecular formula is C21H21FN2O3. The summed E-state index contributed by atoms with van der Waals surface area (Å²) < 4.78 is 25.1. The number of aromatic nitrogens is 1. The van der Waals surface area contributed by atoms with E-state index >= 15 is 0 Å². The van der Waals surface area contributed by atoms with E-state index < -0.39 is 5.82 Å². The Labute approximate surface area is 157 Å². The van der Waals surface area contributed by atoms with Gasteiger partial charge in [0.2, 0.25) is 5.91 Å². The van der Waals surface area contributed by atoms with Crippen LogP contribution in [-0.2, 0) is 11.2 Å². The lowest BCUT2D eigenvalue weighted by Crippen LogP contribution is -2.19. The quantitative estimate of drug-likeness (QED) is 0.747. The maximum Gasteiger partial charge on any atom is 0.224 e. The van der Waals surface area contributed by atoms with Gasteiger partial charge >= 0.3 is 0 Å². The largest absolute Gasteiger partial charge is 0.493 e. The van der Waals surface area contributed by atoms with Crippen LogP contribution in [0.4, 0.5) is 4.39 Å². The molecule has 3 rings (SSSR count). The normalized spacial score (nSPS) is 10.7. The second-order valence-electron chi connectivity index (χ2n) is 6.21. The number of hydrogen-bond donors (Lipinski definition) is 1. The van der Waals surface area contributed by atoms with Gasteiger partial charge in [-0.25, -0.2) is 9.37 Å². The predicted molar refractivity (Wildman–Crippen MR) is 103 cm³/mol. The molecule has 0 aliphatic rings. The number of rotatable bonds is 5. The van der Waals surface area contributed by atoms with Gasteiger partial charge in [-0.15, -0.1) is 0 Å². The number of carbonyl (C=O) groups is 1. The van der Waals surface area contributed by atoms with Crippen LogP contribution in [-0.4, -0.2) is 32.2 Å². The Morgan fingerprint density at radius 2 is 1.81 bits per heavy atom. The van der Waals surface area contributed by atoms with Gasteiger partial charge in [-0.2, -0.15) is 0 Å².